The fourth-order valence-electron chi connectivity index (χ4n) is 2.75. The van der Waals surface area contributed by atoms with Crippen molar-refractivity contribution in [3.8, 4) is 0 Å². The molecular weight excluding hydrogens is 290 g/mol. The minimum Gasteiger partial charge on any atom is -0.480 e. The molecule has 22 heavy (non-hydrogen) atoms. The minimum atomic E-state index is -1.01. The van der Waals surface area contributed by atoms with Gasteiger partial charge in [0.15, 0.2) is 5.79 Å². The van der Waals surface area contributed by atoms with Crippen LogP contribution < -0.4 is 0 Å². The second-order valence-electron chi connectivity index (χ2n) is 5.31. The van der Waals surface area contributed by atoms with Crippen molar-refractivity contribution >= 4 is 12.1 Å². The Morgan fingerprint density at radius 3 is 2.77 bits per heavy atom. The van der Waals surface area contributed by atoms with Crippen LogP contribution in [0, 0.1) is 0 Å². The Morgan fingerprint density at radius 2 is 2.09 bits per heavy atom. The number of benzene rings is 1. The van der Waals surface area contributed by atoms with Crippen molar-refractivity contribution in [1.29, 1.82) is 1.43 Å². The van der Waals surface area contributed by atoms with Crippen LogP contribution in [0.4, 0.5) is 4.79 Å². The molecule has 1 aromatic carbocycles. The number of hydrogen-bond donors (Lipinski definition) is 1. The predicted molar refractivity (Wildman–Crippen MR) is 74.0 cm³/mol. The Balaban J connectivity index is 1.67. The van der Waals surface area contributed by atoms with Gasteiger partial charge in [-0.05, 0) is 5.56 Å². The van der Waals surface area contributed by atoms with Crippen molar-refractivity contribution in [3.63, 3.8) is 0 Å². The van der Waals surface area contributed by atoms with Gasteiger partial charge in [0.1, 0.15) is 12.6 Å². The third-order valence-corrected chi connectivity index (χ3v) is 3.82. The average molecular weight is 308 g/mol. The van der Waals surface area contributed by atoms with Gasteiger partial charge >= 0.3 is 12.1 Å². The lowest BCUT2D eigenvalue weighted by atomic mass is 10.1. The van der Waals surface area contributed by atoms with E-state index in [1.807, 2.05) is 30.3 Å². The molecule has 2 saturated heterocycles. The summed E-state index contributed by atoms with van der Waals surface area (Å²) in [6.45, 7) is 0.957. The fraction of sp³-hybridized carbons (Fsp3) is 0.467. The van der Waals surface area contributed by atoms with Gasteiger partial charge in [-0.25, -0.2) is 9.59 Å². The second kappa shape index (κ2) is 5.94. The highest BCUT2D eigenvalue weighted by Crippen LogP contribution is 2.35. The number of nitrogens with zero attached hydrogens (tertiary/aromatic N) is 1. The van der Waals surface area contributed by atoms with Crippen LogP contribution in [0.15, 0.2) is 30.3 Å². The van der Waals surface area contributed by atoms with Gasteiger partial charge in [-0.2, -0.15) is 0 Å². The molecule has 2 heterocycles. The molecular formula is C15H17NO6. The molecule has 1 aromatic rings. The van der Waals surface area contributed by atoms with Gasteiger partial charge in [-0.1, -0.05) is 30.3 Å². The number of likely N-dealkylation sites (tertiary alicyclic amines) is 1. The Hall–Kier alpha value is -2.12. The number of hydrogen-bond acceptors (Lipinski definition) is 6. The first-order chi connectivity index (χ1) is 11.1. The number of aliphatic carboxylic acids is 1. The number of carbonyl (C=O) groups excluding carboxylic acids is 1. The maximum atomic E-state index is 12.3. The number of carbonyl (C=O) groups is 2. The molecule has 2 aliphatic heterocycles. The molecule has 7 nitrogen and oxygen atoms in total. The molecule has 1 amide bonds. The fourth-order valence-corrected chi connectivity index (χ4v) is 2.75. The molecule has 3 rings (SSSR count). The summed E-state index contributed by atoms with van der Waals surface area (Å²) in [5.41, 5.74) is 0.836. The van der Waals surface area contributed by atoms with E-state index in [4.69, 9.17) is 15.6 Å². The Kier molecular flexibility index (Phi) is 3.65. The van der Waals surface area contributed by atoms with Crippen molar-refractivity contribution < 1.29 is 28.9 Å². The summed E-state index contributed by atoms with van der Waals surface area (Å²) in [6, 6.07) is 8.26. The number of rotatable bonds is 3. The maximum Gasteiger partial charge on any atom is 0.411 e. The van der Waals surface area contributed by atoms with Gasteiger partial charge in [-0.3, -0.25) is 4.90 Å². The number of carboxylic acid groups (broad SMARTS) is 1. The number of ether oxygens (including phenoxy) is 3. The van der Waals surface area contributed by atoms with Gasteiger partial charge in [0.2, 0.25) is 0 Å². The summed E-state index contributed by atoms with van der Waals surface area (Å²) in [5, 5.41) is 4.03. The molecule has 7 heteroatoms. The molecule has 0 aromatic heterocycles. The lowest BCUT2D eigenvalue weighted by Gasteiger charge is -2.22. The van der Waals surface area contributed by atoms with Gasteiger partial charge in [0, 0.05) is 6.42 Å². The van der Waals surface area contributed by atoms with E-state index in [9.17, 15) is 9.59 Å². The lowest BCUT2D eigenvalue weighted by molar-refractivity contribution is -0.150. The lowest BCUT2D eigenvalue weighted by Crippen LogP contribution is -2.41. The van der Waals surface area contributed by atoms with E-state index in [2.05, 4.69) is 5.11 Å². The van der Waals surface area contributed by atoms with Crippen molar-refractivity contribution in [3.05, 3.63) is 35.9 Å². The van der Waals surface area contributed by atoms with E-state index in [0.29, 0.717) is 13.2 Å². The van der Waals surface area contributed by atoms with Crippen LogP contribution in [0.3, 0.4) is 0 Å². The Morgan fingerprint density at radius 1 is 1.36 bits per heavy atom. The molecule has 0 aliphatic carbocycles. The molecule has 2 fully saturated rings. The van der Waals surface area contributed by atoms with Crippen molar-refractivity contribution in [2.45, 2.75) is 24.9 Å². The zero-order valence-electron chi connectivity index (χ0n) is 12.9. The maximum absolute atomic E-state index is 12.3. The highest BCUT2D eigenvalue weighted by atomic mass is 16.7. The highest BCUT2D eigenvalue weighted by Gasteiger charge is 2.53. The smallest absolute Gasteiger partial charge is 0.411 e. The number of amides is 1. The van der Waals surface area contributed by atoms with E-state index in [1.54, 1.807) is 0 Å². The van der Waals surface area contributed by atoms with E-state index >= 15 is 0 Å². The summed E-state index contributed by atoms with van der Waals surface area (Å²) in [7, 11) is 0. The van der Waals surface area contributed by atoms with Crippen LogP contribution in [0.5, 0.6) is 0 Å². The summed E-state index contributed by atoms with van der Waals surface area (Å²) in [5.74, 6) is -1.84. The molecule has 1 atom stereocenters. The SMILES string of the molecule is [2H]OC(=O)[C@@H]1CC2(CN1C(=O)OCc1ccccc1)OCCO2. The largest absolute Gasteiger partial charge is 0.480 e. The topological polar surface area (TPSA) is 85.3 Å². The molecule has 0 unspecified atom stereocenters. The van der Waals surface area contributed by atoms with E-state index in [1.165, 1.54) is 4.90 Å². The summed E-state index contributed by atoms with van der Waals surface area (Å²) < 4.78 is 23.1. The zero-order valence-corrected chi connectivity index (χ0v) is 11.9. The Bertz CT molecular complexity index is 575. The van der Waals surface area contributed by atoms with E-state index < -0.39 is 23.9 Å². The van der Waals surface area contributed by atoms with Gasteiger partial charge < -0.3 is 19.3 Å². The van der Waals surface area contributed by atoms with Crippen LogP contribution in [-0.4, -0.2) is 53.7 Å². The van der Waals surface area contributed by atoms with Gasteiger partial charge in [0.25, 0.3) is 1.43 Å². The second-order valence-corrected chi connectivity index (χ2v) is 5.31. The molecule has 2 aliphatic rings. The molecule has 0 bridgehead atoms. The summed E-state index contributed by atoms with van der Waals surface area (Å²) in [4.78, 5) is 25.3. The highest BCUT2D eigenvalue weighted by molar-refractivity contribution is 5.81. The zero-order chi connectivity index (χ0) is 16.3. The van der Waals surface area contributed by atoms with Crippen LogP contribution in [0.1, 0.15) is 12.0 Å². The molecule has 0 saturated carbocycles. The third-order valence-electron chi connectivity index (χ3n) is 3.82. The van der Waals surface area contributed by atoms with E-state index in [-0.39, 0.29) is 19.6 Å². The molecule has 118 valence electrons. The van der Waals surface area contributed by atoms with Gasteiger partial charge in [-0.15, -0.1) is 0 Å². The number of carboxylic acids is 1. The van der Waals surface area contributed by atoms with Crippen molar-refractivity contribution in [1.82, 2.24) is 4.90 Å². The molecule has 1 spiro atoms. The normalized spacial score (nSPS) is 23.4. The third kappa shape index (κ3) is 2.90. The van der Waals surface area contributed by atoms with Crippen LogP contribution in [0.25, 0.3) is 1.43 Å². The summed E-state index contributed by atoms with van der Waals surface area (Å²) in [6.07, 6.45) is -0.536. The average Bonchev–Trinajstić information content (AvgIpc) is 3.20. The predicted octanol–water partition coefficient (Wildman–Crippen LogP) is 1.23. The van der Waals surface area contributed by atoms with Gasteiger partial charge in [0.05, 0.1) is 19.8 Å². The van der Waals surface area contributed by atoms with Crippen LogP contribution >= 0.6 is 0 Å². The van der Waals surface area contributed by atoms with E-state index in [0.717, 1.165) is 5.56 Å². The minimum absolute atomic E-state index is 0.0698. The van der Waals surface area contributed by atoms with Crippen molar-refractivity contribution in [2.24, 2.45) is 0 Å². The first-order valence-corrected chi connectivity index (χ1v) is 7.06. The monoisotopic (exact) mass is 308 g/mol. The van der Waals surface area contributed by atoms with Crippen LogP contribution in [0.2, 0.25) is 0 Å². The standard InChI is InChI=1S/C15H17NO6/c17-13(18)12-8-15(21-6-7-22-15)10-16(12)14(19)20-9-11-4-2-1-3-5-11/h1-5,12H,6-10H2,(H,17,18)/t12-/m0/s1/i/hD. The van der Waals surface area contributed by atoms with Crippen LogP contribution in [-0.2, 0) is 25.6 Å². The molecule has 1 N–H and O–H groups in total. The summed E-state index contributed by atoms with van der Waals surface area (Å²) >= 11 is 0. The van der Waals surface area contributed by atoms with Crippen molar-refractivity contribution in [2.75, 3.05) is 19.8 Å². The first kappa shape index (κ1) is 13.5. The Labute approximate surface area is 128 Å². The molecule has 0 radical (unpaired) electrons. The quantitative estimate of drug-likeness (QED) is 0.904. The first-order valence-electron chi connectivity index (χ1n) is 7.47.